The number of hydrogen-bond acceptors (Lipinski definition) is 2. The van der Waals surface area contributed by atoms with Crippen molar-refractivity contribution < 1.29 is 9.90 Å². The number of para-hydroxylation sites is 1. The summed E-state index contributed by atoms with van der Waals surface area (Å²) >= 11 is 0. The van der Waals surface area contributed by atoms with Gasteiger partial charge in [0.1, 0.15) is 0 Å². The molecule has 0 saturated heterocycles. The van der Waals surface area contributed by atoms with Crippen LogP contribution in [0.4, 0.5) is 4.79 Å². The zero-order valence-electron chi connectivity index (χ0n) is 12.0. The molecule has 0 unspecified atom stereocenters. The Morgan fingerprint density at radius 3 is 2.95 bits per heavy atom. The lowest BCUT2D eigenvalue weighted by atomic mass is 9.94. The molecule has 0 aliphatic heterocycles. The van der Waals surface area contributed by atoms with Gasteiger partial charge in [-0.05, 0) is 37.5 Å². The molecule has 3 N–H and O–H groups in total. The van der Waals surface area contributed by atoms with Gasteiger partial charge < -0.3 is 15.4 Å². The van der Waals surface area contributed by atoms with Gasteiger partial charge in [0.2, 0.25) is 0 Å². The van der Waals surface area contributed by atoms with Crippen LogP contribution in [-0.4, -0.2) is 21.7 Å². The van der Waals surface area contributed by atoms with Gasteiger partial charge in [0.25, 0.3) is 0 Å². The van der Waals surface area contributed by atoms with Crippen LogP contribution in [0.5, 0.6) is 0 Å². The fourth-order valence-corrected chi connectivity index (χ4v) is 2.46. The summed E-state index contributed by atoms with van der Waals surface area (Å²) < 4.78 is 0. The Kier molecular flexibility index (Phi) is 3.99. The van der Waals surface area contributed by atoms with Crippen LogP contribution in [0.3, 0.4) is 0 Å². The first-order valence-electron chi connectivity index (χ1n) is 6.59. The first-order chi connectivity index (χ1) is 9.93. The summed E-state index contributed by atoms with van der Waals surface area (Å²) in [6, 6.07) is 7.82. The van der Waals surface area contributed by atoms with Crippen LogP contribution >= 0.6 is 0 Å². The second-order valence-electron chi connectivity index (χ2n) is 5.54. The maximum atomic E-state index is 10.8. The van der Waals surface area contributed by atoms with E-state index in [0.717, 1.165) is 22.0 Å². The molecule has 2 rings (SSSR count). The predicted octanol–water partition coefficient (Wildman–Crippen LogP) is 3.29. The molecule has 1 aromatic carbocycles. The molecule has 21 heavy (non-hydrogen) atoms. The number of aromatic nitrogens is 1. The van der Waals surface area contributed by atoms with E-state index in [-0.39, 0.29) is 0 Å². The zero-order chi connectivity index (χ0) is 15.5. The minimum absolute atomic E-state index is 0.556. The molecule has 5 heteroatoms. The largest absolute Gasteiger partial charge is 0.465 e. The summed E-state index contributed by atoms with van der Waals surface area (Å²) in [5, 5.41) is 21.1. The Bertz CT molecular complexity index is 736. The van der Waals surface area contributed by atoms with E-state index in [2.05, 4.69) is 10.3 Å². The SMILES string of the molecule is CC(C)(Cc1c[nH]c2c(/C=C/C#N)cccc12)NC(=O)O. The van der Waals surface area contributed by atoms with Gasteiger partial charge in [0, 0.05) is 23.2 Å². The summed E-state index contributed by atoms with van der Waals surface area (Å²) in [5.74, 6) is 0. The second kappa shape index (κ2) is 5.71. The Hall–Kier alpha value is -2.74. The first kappa shape index (κ1) is 14.7. The van der Waals surface area contributed by atoms with E-state index in [1.165, 1.54) is 6.08 Å². The molecule has 0 saturated carbocycles. The van der Waals surface area contributed by atoms with Crippen LogP contribution in [0.15, 0.2) is 30.5 Å². The molecule has 0 aliphatic carbocycles. The van der Waals surface area contributed by atoms with Gasteiger partial charge in [-0.25, -0.2) is 4.79 Å². The summed E-state index contributed by atoms with van der Waals surface area (Å²) in [6.07, 6.45) is 4.62. The molecule has 0 aliphatic rings. The number of aromatic amines is 1. The molecule has 1 heterocycles. The van der Waals surface area contributed by atoms with E-state index in [9.17, 15) is 4.79 Å². The Balaban J connectivity index is 2.37. The fraction of sp³-hybridized carbons (Fsp3) is 0.250. The van der Waals surface area contributed by atoms with Crippen molar-refractivity contribution in [2.24, 2.45) is 0 Å². The molecule has 1 amide bonds. The van der Waals surface area contributed by atoms with Gasteiger partial charge in [-0.2, -0.15) is 5.26 Å². The van der Waals surface area contributed by atoms with Gasteiger partial charge >= 0.3 is 6.09 Å². The smallest absolute Gasteiger partial charge is 0.405 e. The third kappa shape index (κ3) is 3.42. The van der Waals surface area contributed by atoms with Gasteiger partial charge in [0.05, 0.1) is 11.6 Å². The number of nitrogens with one attached hydrogen (secondary N) is 2. The Morgan fingerprint density at radius 2 is 2.29 bits per heavy atom. The van der Waals surface area contributed by atoms with Crippen LogP contribution in [0.2, 0.25) is 0 Å². The number of carbonyl (C=O) groups is 1. The lowest BCUT2D eigenvalue weighted by molar-refractivity contribution is 0.182. The number of rotatable bonds is 4. The van der Waals surface area contributed by atoms with Crippen molar-refractivity contribution in [1.29, 1.82) is 5.26 Å². The van der Waals surface area contributed by atoms with E-state index < -0.39 is 11.6 Å². The normalized spacial score (nSPS) is 11.7. The molecule has 0 atom stereocenters. The Morgan fingerprint density at radius 1 is 1.52 bits per heavy atom. The molecule has 2 aromatic rings. The molecule has 0 spiro atoms. The second-order valence-corrected chi connectivity index (χ2v) is 5.54. The van der Waals surface area contributed by atoms with E-state index in [0.29, 0.717) is 6.42 Å². The quantitative estimate of drug-likeness (QED) is 0.752. The number of allylic oxidation sites excluding steroid dienone is 1. The number of hydrogen-bond donors (Lipinski definition) is 3. The van der Waals surface area contributed by atoms with Gasteiger partial charge in [-0.3, -0.25) is 0 Å². The number of amides is 1. The van der Waals surface area contributed by atoms with Gasteiger partial charge in [-0.1, -0.05) is 18.2 Å². The number of H-pyrrole nitrogens is 1. The average molecular weight is 283 g/mol. The molecular formula is C16H17N3O2. The minimum Gasteiger partial charge on any atom is -0.465 e. The number of nitriles is 1. The molecule has 0 bridgehead atoms. The topological polar surface area (TPSA) is 88.9 Å². The molecule has 0 radical (unpaired) electrons. The van der Waals surface area contributed by atoms with Gasteiger partial charge in [-0.15, -0.1) is 0 Å². The molecule has 108 valence electrons. The third-order valence-electron chi connectivity index (χ3n) is 3.25. The molecule has 5 nitrogen and oxygen atoms in total. The van der Waals surface area contributed by atoms with Crippen LogP contribution < -0.4 is 5.32 Å². The standard InChI is InChI=1S/C16H17N3O2/c1-16(2,19-15(20)21)9-12-10-18-14-11(6-4-8-17)5-3-7-13(12)14/h3-7,10,18-19H,9H2,1-2H3,(H,20,21)/b6-4+. The summed E-state index contributed by atoms with van der Waals surface area (Å²) in [4.78, 5) is 14.0. The van der Waals surface area contributed by atoms with Crippen molar-refractivity contribution in [2.45, 2.75) is 25.8 Å². The number of carboxylic acid groups (broad SMARTS) is 1. The van der Waals surface area contributed by atoms with Crippen molar-refractivity contribution in [3.8, 4) is 6.07 Å². The maximum Gasteiger partial charge on any atom is 0.405 e. The Labute approximate surface area is 122 Å². The highest BCUT2D eigenvalue weighted by molar-refractivity contribution is 5.90. The molecule has 1 aromatic heterocycles. The van der Waals surface area contributed by atoms with Crippen molar-refractivity contribution in [3.63, 3.8) is 0 Å². The van der Waals surface area contributed by atoms with E-state index in [1.54, 1.807) is 6.08 Å². The summed E-state index contributed by atoms with van der Waals surface area (Å²) in [7, 11) is 0. The monoisotopic (exact) mass is 283 g/mol. The van der Waals surface area contributed by atoms with Crippen LogP contribution in [0, 0.1) is 11.3 Å². The van der Waals surface area contributed by atoms with Crippen molar-refractivity contribution in [1.82, 2.24) is 10.3 Å². The highest BCUT2D eigenvalue weighted by atomic mass is 16.4. The van der Waals surface area contributed by atoms with E-state index in [1.807, 2.05) is 44.3 Å². The average Bonchev–Trinajstić information content (AvgIpc) is 2.78. The van der Waals surface area contributed by atoms with Crippen LogP contribution in [0.1, 0.15) is 25.0 Å². The van der Waals surface area contributed by atoms with E-state index in [4.69, 9.17) is 10.4 Å². The highest BCUT2D eigenvalue weighted by Gasteiger charge is 2.22. The number of benzene rings is 1. The first-order valence-corrected chi connectivity index (χ1v) is 6.59. The fourth-order valence-electron chi connectivity index (χ4n) is 2.46. The zero-order valence-corrected chi connectivity index (χ0v) is 12.0. The molecule has 0 fully saturated rings. The highest BCUT2D eigenvalue weighted by Crippen LogP contribution is 2.25. The number of fused-ring (bicyclic) bond motifs is 1. The predicted molar refractivity (Wildman–Crippen MR) is 81.9 cm³/mol. The van der Waals surface area contributed by atoms with Crippen LogP contribution in [0.25, 0.3) is 17.0 Å². The third-order valence-corrected chi connectivity index (χ3v) is 3.25. The van der Waals surface area contributed by atoms with Gasteiger partial charge in [0.15, 0.2) is 0 Å². The maximum absolute atomic E-state index is 10.8. The lowest BCUT2D eigenvalue weighted by Gasteiger charge is -2.24. The van der Waals surface area contributed by atoms with E-state index >= 15 is 0 Å². The van der Waals surface area contributed by atoms with Crippen molar-refractivity contribution >= 4 is 23.1 Å². The minimum atomic E-state index is -1.03. The van der Waals surface area contributed by atoms with Crippen molar-refractivity contribution in [2.75, 3.05) is 0 Å². The van der Waals surface area contributed by atoms with Crippen LogP contribution in [-0.2, 0) is 6.42 Å². The number of nitrogens with zero attached hydrogens (tertiary/aromatic N) is 1. The molecular weight excluding hydrogens is 266 g/mol. The van der Waals surface area contributed by atoms with Crippen molar-refractivity contribution in [3.05, 3.63) is 41.6 Å². The lowest BCUT2D eigenvalue weighted by Crippen LogP contribution is -2.44. The summed E-state index contributed by atoms with van der Waals surface area (Å²) in [6.45, 7) is 3.69. The summed E-state index contributed by atoms with van der Waals surface area (Å²) in [5.41, 5.74) is 2.37.